The smallest absolute Gasteiger partial charge is 0.303 e. The molecule has 0 aliphatic heterocycles. The molecule has 0 saturated carbocycles. The molecule has 120 valence electrons. The van der Waals surface area contributed by atoms with E-state index < -0.39 is 5.97 Å². The zero-order valence-corrected chi connectivity index (χ0v) is 13.3. The Labute approximate surface area is 141 Å². The summed E-state index contributed by atoms with van der Waals surface area (Å²) in [5.41, 5.74) is 4.34. The first kappa shape index (κ1) is 15.8. The Balaban J connectivity index is 1.74. The highest BCUT2D eigenvalue weighted by atomic mass is 16.4. The lowest BCUT2D eigenvalue weighted by molar-refractivity contribution is -0.136. The zero-order valence-electron chi connectivity index (χ0n) is 13.3. The molecule has 1 aromatic heterocycles. The number of aromatic nitrogens is 1. The minimum Gasteiger partial charge on any atom is -0.481 e. The maximum Gasteiger partial charge on any atom is 0.303 e. The molecule has 0 amide bonds. The van der Waals surface area contributed by atoms with Crippen LogP contribution in [-0.2, 0) is 11.2 Å². The molecule has 1 N–H and O–H groups in total. The molecule has 0 spiro atoms. The number of rotatable bonds is 6. The van der Waals surface area contributed by atoms with Crippen molar-refractivity contribution in [1.29, 1.82) is 0 Å². The van der Waals surface area contributed by atoms with Crippen LogP contribution in [0, 0.1) is 0 Å². The highest BCUT2D eigenvalue weighted by Crippen LogP contribution is 2.16. The summed E-state index contributed by atoms with van der Waals surface area (Å²) in [6.45, 7) is 0. The SMILES string of the molecule is O=C(O)CCc1cccn1-c1ccc(/C=C/c2ccccc2)cc1. The van der Waals surface area contributed by atoms with Gasteiger partial charge in [-0.2, -0.15) is 0 Å². The van der Waals surface area contributed by atoms with Crippen LogP contribution < -0.4 is 0 Å². The normalized spacial score (nSPS) is 11.0. The van der Waals surface area contributed by atoms with Crippen molar-refractivity contribution in [2.24, 2.45) is 0 Å². The summed E-state index contributed by atoms with van der Waals surface area (Å²) < 4.78 is 2.04. The van der Waals surface area contributed by atoms with Gasteiger partial charge in [-0.1, -0.05) is 54.6 Å². The van der Waals surface area contributed by atoms with E-state index in [4.69, 9.17) is 5.11 Å². The third kappa shape index (κ3) is 4.02. The molecule has 24 heavy (non-hydrogen) atoms. The Bertz CT molecular complexity index is 830. The summed E-state index contributed by atoms with van der Waals surface area (Å²) in [6.07, 6.45) is 6.80. The average Bonchev–Trinajstić information content (AvgIpc) is 3.08. The third-order valence-electron chi connectivity index (χ3n) is 3.87. The minimum atomic E-state index is -0.774. The molecule has 0 bridgehead atoms. The van der Waals surface area contributed by atoms with Crippen LogP contribution in [0.4, 0.5) is 0 Å². The number of benzene rings is 2. The van der Waals surface area contributed by atoms with Gasteiger partial charge in [-0.15, -0.1) is 0 Å². The molecule has 0 atom stereocenters. The van der Waals surface area contributed by atoms with Gasteiger partial charge in [0.15, 0.2) is 0 Å². The number of nitrogens with zero attached hydrogens (tertiary/aromatic N) is 1. The first-order chi connectivity index (χ1) is 11.7. The molecule has 3 heteroatoms. The highest BCUT2D eigenvalue weighted by molar-refractivity contribution is 5.70. The second kappa shape index (κ2) is 7.47. The van der Waals surface area contributed by atoms with Crippen molar-refractivity contribution in [3.8, 4) is 5.69 Å². The summed E-state index contributed by atoms with van der Waals surface area (Å²) >= 11 is 0. The molecule has 0 unspecified atom stereocenters. The Morgan fingerprint density at radius 2 is 1.54 bits per heavy atom. The number of carbonyl (C=O) groups is 1. The maximum absolute atomic E-state index is 10.8. The van der Waals surface area contributed by atoms with Crippen molar-refractivity contribution in [3.63, 3.8) is 0 Å². The summed E-state index contributed by atoms with van der Waals surface area (Å²) in [5.74, 6) is -0.774. The number of aryl methyl sites for hydroxylation is 1. The Kier molecular flexibility index (Phi) is 4.92. The van der Waals surface area contributed by atoms with E-state index in [1.807, 2.05) is 41.1 Å². The van der Waals surface area contributed by atoms with Crippen molar-refractivity contribution in [2.75, 3.05) is 0 Å². The van der Waals surface area contributed by atoms with Crippen LogP contribution in [0.3, 0.4) is 0 Å². The lowest BCUT2D eigenvalue weighted by atomic mass is 10.1. The van der Waals surface area contributed by atoms with E-state index in [0.717, 1.165) is 16.9 Å². The topological polar surface area (TPSA) is 42.2 Å². The second-order valence-corrected chi connectivity index (χ2v) is 5.60. The van der Waals surface area contributed by atoms with Gasteiger partial charge >= 0.3 is 5.97 Å². The van der Waals surface area contributed by atoms with Crippen LogP contribution in [0.25, 0.3) is 17.8 Å². The van der Waals surface area contributed by atoms with Crippen LogP contribution in [0.2, 0.25) is 0 Å². The minimum absolute atomic E-state index is 0.141. The van der Waals surface area contributed by atoms with Gasteiger partial charge < -0.3 is 9.67 Å². The highest BCUT2D eigenvalue weighted by Gasteiger charge is 2.05. The van der Waals surface area contributed by atoms with Gasteiger partial charge in [0.1, 0.15) is 0 Å². The Hall–Kier alpha value is -3.07. The van der Waals surface area contributed by atoms with Crippen LogP contribution in [0.5, 0.6) is 0 Å². The Morgan fingerprint density at radius 3 is 2.21 bits per heavy atom. The average molecular weight is 317 g/mol. The monoisotopic (exact) mass is 317 g/mol. The second-order valence-electron chi connectivity index (χ2n) is 5.60. The first-order valence-corrected chi connectivity index (χ1v) is 7.94. The van der Waals surface area contributed by atoms with Crippen LogP contribution >= 0.6 is 0 Å². The van der Waals surface area contributed by atoms with E-state index in [1.165, 1.54) is 5.56 Å². The van der Waals surface area contributed by atoms with Crippen molar-refractivity contribution in [2.45, 2.75) is 12.8 Å². The fourth-order valence-electron chi connectivity index (χ4n) is 2.61. The van der Waals surface area contributed by atoms with Crippen molar-refractivity contribution < 1.29 is 9.90 Å². The van der Waals surface area contributed by atoms with Crippen molar-refractivity contribution in [3.05, 3.63) is 89.7 Å². The number of carboxylic acid groups (broad SMARTS) is 1. The van der Waals surface area contributed by atoms with Gasteiger partial charge in [-0.05, 0) is 41.8 Å². The molecule has 3 nitrogen and oxygen atoms in total. The molecule has 1 heterocycles. The lowest BCUT2D eigenvalue weighted by Gasteiger charge is -2.09. The fraction of sp³-hybridized carbons (Fsp3) is 0.0952. The van der Waals surface area contributed by atoms with E-state index in [2.05, 4.69) is 48.6 Å². The van der Waals surface area contributed by atoms with Crippen LogP contribution in [0.1, 0.15) is 23.2 Å². The van der Waals surface area contributed by atoms with Crippen molar-refractivity contribution >= 4 is 18.1 Å². The van der Waals surface area contributed by atoms with Gasteiger partial charge in [0, 0.05) is 17.6 Å². The van der Waals surface area contributed by atoms with Gasteiger partial charge in [0.05, 0.1) is 6.42 Å². The molecule has 2 aromatic carbocycles. The molecule has 0 saturated heterocycles. The van der Waals surface area contributed by atoms with Gasteiger partial charge in [0.25, 0.3) is 0 Å². The van der Waals surface area contributed by atoms with Gasteiger partial charge in [-0.25, -0.2) is 0 Å². The number of carboxylic acids is 1. The quantitative estimate of drug-likeness (QED) is 0.672. The fourth-order valence-corrected chi connectivity index (χ4v) is 2.61. The summed E-state index contributed by atoms with van der Waals surface area (Å²) in [7, 11) is 0. The summed E-state index contributed by atoms with van der Waals surface area (Å²) in [4.78, 5) is 10.8. The predicted octanol–water partition coefficient (Wildman–Crippen LogP) is 4.66. The number of hydrogen-bond donors (Lipinski definition) is 1. The molecule has 3 rings (SSSR count). The van der Waals surface area contributed by atoms with Crippen LogP contribution in [-0.4, -0.2) is 15.6 Å². The maximum atomic E-state index is 10.8. The van der Waals surface area contributed by atoms with E-state index >= 15 is 0 Å². The van der Waals surface area contributed by atoms with Crippen molar-refractivity contribution in [1.82, 2.24) is 4.57 Å². The van der Waals surface area contributed by atoms with E-state index in [0.29, 0.717) is 6.42 Å². The number of hydrogen-bond acceptors (Lipinski definition) is 1. The zero-order chi connectivity index (χ0) is 16.8. The molecular formula is C21H19NO2. The Morgan fingerprint density at radius 1 is 0.875 bits per heavy atom. The standard InChI is InChI=1S/C21H19NO2/c23-21(24)15-14-19-7-4-16-22(19)20-12-10-18(11-13-20)9-8-17-5-2-1-3-6-17/h1-13,16H,14-15H2,(H,23,24)/b9-8+. The van der Waals surface area contributed by atoms with E-state index in [9.17, 15) is 4.79 Å². The summed E-state index contributed by atoms with van der Waals surface area (Å²) in [5, 5.41) is 8.85. The molecule has 0 aliphatic carbocycles. The number of aliphatic carboxylic acids is 1. The molecular weight excluding hydrogens is 298 g/mol. The molecule has 3 aromatic rings. The van der Waals surface area contributed by atoms with Gasteiger partial charge in [0.2, 0.25) is 0 Å². The van der Waals surface area contributed by atoms with Gasteiger partial charge in [-0.3, -0.25) is 4.79 Å². The molecule has 0 fully saturated rings. The largest absolute Gasteiger partial charge is 0.481 e. The summed E-state index contributed by atoms with van der Waals surface area (Å²) in [6, 6.07) is 22.3. The first-order valence-electron chi connectivity index (χ1n) is 7.94. The van der Waals surface area contributed by atoms with E-state index in [1.54, 1.807) is 0 Å². The third-order valence-corrected chi connectivity index (χ3v) is 3.87. The van der Waals surface area contributed by atoms with E-state index in [-0.39, 0.29) is 6.42 Å². The molecule has 0 radical (unpaired) electrons. The van der Waals surface area contributed by atoms with Crippen LogP contribution in [0.15, 0.2) is 72.9 Å². The molecule has 0 aliphatic rings. The lowest BCUT2D eigenvalue weighted by Crippen LogP contribution is -2.03. The predicted molar refractivity (Wildman–Crippen MR) is 97.1 cm³/mol.